The summed E-state index contributed by atoms with van der Waals surface area (Å²) in [5, 5.41) is 10.1. The van der Waals surface area contributed by atoms with Crippen LogP contribution in [0.3, 0.4) is 0 Å². The number of ether oxygens (including phenoxy) is 2. The van der Waals surface area contributed by atoms with E-state index in [4.69, 9.17) is 14.5 Å². The molecule has 0 spiro atoms. The Labute approximate surface area is 250 Å². The number of benzene rings is 3. The zero-order chi connectivity index (χ0) is 27.7. The molecule has 0 saturated carbocycles. The smallest absolute Gasteiger partial charge is 0.338 e. The molecule has 0 amide bonds. The molecule has 0 fully saturated rings. The third kappa shape index (κ3) is 5.32. The first-order valence-electron chi connectivity index (χ1n) is 11.9. The van der Waals surface area contributed by atoms with Gasteiger partial charge in [0.2, 0.25) is 0 Å². The number of rotatable bonds is 6. The summed E-state index contributed by atoms with van der Waals surface area (Å²) in [5.41, 5.74) is 2.60. The van der Waals surface area contributed by atoms with Crippen LogP contribution in [-0.4, -0.2) is 29.4 Å². The lowest BCUT2D eigenvalue weighted by Crippen LogP contribution is -2.40. The first-order valence-corrected chi connectivity index (χ1v) is 14.6. The Balaban J connectivity index is 1.84. The number of hydrogen-bond donors (Lipinski definition) is 1. The van der Waals surface area contributed by atoms with Crippen molar-refractivity contribution in [2.75, 3.05) is 13.7 Å². The summed E-state index contributed by atoms with van der Waals surface area (Å²) >= 11 is 6.65. The number of hydrogen-bond acceptors (Lipinski definition) is 7. The average molecular weight is 717 g/mol. The molecule has 198 valence electrons. The van der Waals surface area contributed by atoms with Crippen LogP contribution >= 0.6 is 49.9 Å². The fraction of sp³-hybridized carbons (Fsp3) is 0.138. The van der Waals surface area contributed by atoms with E-state index in [1.165, 1.54) is 11.3 Å². The lowest BCUT2D eigenvalue weighted by atomic mass is 9.93. The Bertz CT molecular complexity index is 1770. The Morgan fingerprint density at radius 3 is 2.64 bits per heavy atom. The van der Waals surface area contributed by atoms with Gasteiger partial charge in [-0.3, -0.25) is 9.36 Å². The highest BCUT2D eigenvalue weighted by atomic mass is 127. The molecule has 3 aromatic carbocycles. The van der Waals surface area contributed by atoms with E-state index >= 15 is 0 Å². The van der Waals surface area contributed by atoms with Crippen molar-refractivity contribution in [3.63, 3.8) is 0 Å². The molecule has 1 N–H and O–H groups in total. The molecule has 4 aromatic rings. The van der Waals surface area contributed by atoms with E-state index < -0.39 is 12.0 Å². The molecule has 0 radical (unpaired) electrons. The SMILES string of the molecule is CCOC(=O)C1=C(c2ccccc2)N=c2s/c(=C\c3cc(Br)c(O)c(I)c3)c(=O)n2[C@H]1c1cccc(OC)c1. The highest BCUT2D eigenvalue weighted by Gasteiger charge is 2.35. The molecule has 0 unspecified atom stereocenters. The number of nitrogens with zero attached hydrogens (tertiary/aromatic N) is 2. The van der Waals surface area contributed by atoms with Gasteiger partial charge in [0, 0.05) is 5.56 Å². The Morgan fingerprint density at radius 1 is 1.18 bits per heavy atom. The summed E-state index contributed by atoms with van der Waals surface area (Å²) in [5.74, 6) is 0.192. The summed E-state index contributed by atoms with van der Waals surface area (Å²) in [6.45, 7) is 1.92. The molecule has 5 rings (SSSR count). The molecular weight excluding hydrogens is 695 g/mol. The van der Waals surface area contributed by atoms with Crippen LogP contribution in [0, 0.1) is 3.57 Å². The Morgan fingerprint density at radius 2 is 1.95 bits per heavy atom. The van der Waals surface area contributed by atoms with Gasteiger partial charge in [0.25, 0.3) is 5.56 Å². The third-order valence-electron chi connectivity index (χ3n) is 6.12. The highest BCUT2D eigenvalue weighted by molar-refractivity contribution is 14.1. The van der Waals surface area contributed by atoms with Crippen LogP contribution in [0.2, 0.25) is 0 Å². The second-order valence-corrected chi connectivity index (χ2v) is 11.6. The van der Waals surface area contributed by atoms with E-state index in [0.29, 0.717) is 34.4 Å². The topological polar surface area (TPSA) is 90.1 Å². The van der Waals surface area contributed by atoms with Crippen molar-refractivity contribution < 1.29 is 19.4 Å². The van der Waals surface area contributed by atoms with Gasteiger partial charge >= 0.3 is 5.97 Å². The Kier molecular flexibility index (Phi) is 8.06. The number of phenols is 1. The maximum Gasteiger partial charge on any atom is 0.338 e. The maximum absolute atomic E-state index is 14.0. The number of aromatic hydroxyl groups is 1. The minimum atomic E-state index is -0.792. The summed E-state index contributed by atoms with van der Waals surface area (Å²) in [4.78, 5) is 32.8. The van der Waals surface area contributed by atoms with Crippen LogP contribution in [-0.2, 0) is 9.53 Å². The van der Waals surface area contributed by atoms with Gasteiger partial charge in [-0.2, -0.15) is 0 Å². The lowest BCUT2D eigenvalue weighted by molar-refractivity contribution is -0.138. The van der Waals surface area contributed by atoms with Crippen LogP contribution in [0.15, 0.2) is 86.6 Å². The molecule has 0 aliphatic carbocycles. The zero-order valence-corrected chi connectivity index (χ0v) is 25.4. The molecule has 1 aliphatic rings. The van der Waals surface area contributed by atoms with E-state index in [-0.39, 0.29) is 23.5 Å². The second kappa shape index (κ2) is 11.5. The number of thiazole rings is 1. The molecule has 1 aliphatic heterocycles. The first kappa shape index (κ1) is 27.4. The number of aromatic nitrogens is 1. The number of phenolic OH excluding ortho intramolecular Hbond substituents is 1. The maximum atomic E-state index is 14.0. The number of carbonyl (C=O) groups is 1. The van der Waals surface area contributed by atoms with Gasteiger partial charge < -0.3 is 14.6 Å². The zero-order valence-electron chi connectivity index (χ0n) is 20.9. The fourth-order valence-corrected chi connectivity index (χ4v) is 6.89. The Hall–Kier alpha value is -3.22. The number of carbonyl (C=O) groups excluding carboxylic acids is 1. The van der Waals surface area contributed by atoms with Crippen molar-refractivity contribution in [3.8, 4) is 11.5 Å². The summed E-state index contributed by atoms with van der Waals surface area (Å²) in [6, 6.07) is 19.4. The minimum Gasteiger partial charge on any atom is -0.506 e. The second-order valence-electron chi connectivity index (χ2n) is 8.54. The van der Waals surface area contributed by atoms with Crippen LogP contribution in [0.4, 0.5) is 0 Å². The molecule has 7 nitrogen and oxygen atoms in total. The van der Waals surface area contributed by atoms with E-state index in [0.717, 1.165) is 11.1 Å². The molecule has 39 heavy (non-hydrogen) atoms. The van der Waals surface area contributed by atoms with Crippen molar-refractivity contribution in [1.82, 2.24) is 4.57 Å². The van der Waals surface area contributed by atoms with E-state index in [2.05, 4.69) is 15.9 Å². The monoisotopic (exact) mass is 716 g/mol. The van der Waals surface area contributed by atoms with Crippen molar-refractivity contribution in [2.24, 2.45) is 4.99 Å². The van der Waals surface area contributed by atoms with Gasteiger partial charge in [0.15, 0.2) is 4.80 Å². The highest BCUT2D eigenvalue weighted by Crippen LogP contribution is 2.36. The van der Waals surface area contributed by atoms with Crippen LogP contribution in [0.1, 0.15) is 29.7 Å². The number of esters is 1. The standard InChI is InChI=1S/C29H22BrIN2O5S/c1-3-38-28(36)23-24(17-8-5-4-6-9-17)32-29-33(25(23)18-10-7-11-19(15-18)37-2)27(35)22(39-29)14-16-12-20(30)26(34)21(31)13-16/h4-15,25,34H,3H2,1-2H3/b22-14-/t25-/m0/s1. The number of fused-ring (bicyclic) bond motifs is 1. The molecule has 1 atom stereocenters. The van der Waals surface area contributed by atoms with Crippen molar-refractivity contribution in [3.05, 3.63) is 117 Å². The number of methoxy groups -OCH3 is 1. The van der Waals surface area contributed by atoms with Gasteiger partial charge in [-0.25, -0.2) is 9.79 Å². The lowest BCUT2D eigenvalue weighted by Gasteiger charge is -2.26. The van der Waals surface area contributed by atoms with E-state index in [9.17, 15) is 14.7 Å². The van der Waals surface area contributed by atoms with Crippen molar-refractivity contribution in [1.29, 1.82) is 0 Å². The average Bonchev–Trinajstić information content (AvgIpc) is 3.25. The van der Waals surface area contributed by atoms with Gasteiger partial charge in [-0.1, -0.05) is 53.8 Å². The van der Waals surface area contributed by atoms with Gasteiger partial charge in [-0.05, 0) is 86.9 Å². The largest absolute Gasteiger partial charge is 0.506 e. The summed E-state index contributed by atoms with van der Waals surface area (Å²) in [7, 11) is 1.57. The van der Waals surface area contributed by atoms with Crippen LogP contribution in [0.5, 0.6) is 11.5 Å². The quantitative estimate of drug-likeness (QED) is 0.224. The summed E-state index contributed by atoms with van der Waals surface area (Å²) in [6.07, 6.45) is 1.76. The molecular formula is C29H22BrIN2O5S. The third-order valence-corrected chi connectivity index (χ3v) is 8.53. The summed E-state index contributed by atoms with van der Waals surface area (Å²) < 4.78 is 14.1. The van der Waals surface area contributed by atoms with E-state index in [1.807, 2.05) is 77.2 Å². The van der Waals surface area contributed by atoms with Crippen molar-refractivity contribution in [2.45, 2.75) is 13.0 Å². The van der Waals surface area contributed by atoms with Crippen LogP contribution < -0.4 is 19.6 Å². The molecule has 2 heterocycles. The van der Waals surface area contributed by atoms with Gasteiger partial charge in [0.1, 0.15) is 11.5 Å². The molecule has 0 saturated heterocycles. The molecule has 0 bridgehead atoms. The fourth-order valence-electron chi connectivity index (χ4n) is 4.39. The molecule has 10 heteroatoms. The van der Waals surface area contributed by atoms with Crippen molar-refractivity contribution >= 4 is 67.6 Å². The minimum absolute atomic E-state index is 0.138. The number of halogens is 2. The first-order chi connectivity index (χ1) is 18.8. The van der Waals surface area contributed by atoms with Gasteiger partial charge in [-0.15, -0.1) is 0 Å². The normalized spacial score (nSPS) is 15.1. The predicted octanol–water partition coefficient (Wildman–Crippen LogP) is 5.02. The molecule has 1 aromatic heterocycles. The predicted molar refractivity (Wildman–Crippen MR) is 163 cm³/mol. The van der Waals surface area contributed by atoms with Gasteiger partial charge in [0.05, 0.1) is 43.6 Å². The van der Waals surface area contributed by atoms with Crippen LogP contribution in [0.25, 0.3) is 11.8 Å². The van der Waals surface area contributed by atoms with E-state index in [1.54, 1.807) is 36.8 Å².